The molecule has 3 aromatic rings. The SMILES string of the molecule is Cc1cc(-c2ccc3c(n2)N[C@H]2CCN3C2)ccn1.Clc1ccc2c(n1)N[C@H]1CCN2C1. The molecular weight excluding hydrogens is 422 g/mol. The van der Waals surface area contributed by atoms with Crippen molar-refractivity contribution in [1.82, 2.24) is 15.0 Å². The quantitative estimate of drug-likeness (QED) is 0.542. The largest absolute Gasteiger partial charge is 0.366 e. The van der Waals surface area contributed by atoms with Gasteiger partial charge in [-0.3, -0.25) is 4.98 Å². The molecule has 7 rings (SSSR count). The summed E-state index contributed by atoms with van der Waals surface area (Å²) in [6, 6.07) is 13.4. The van der Waals surface area contributed by atoms with Gasteiger partial charge in [-0.15, -0.1) is 0 Å². The molecule has 0 spiro atoms. The van der Waals surface area contributed by atoms with Crippen LogP contribution in [-0.4, -0.2) is 53.2 Å². The maximum absolute atomic E-state index is 5.82. The number of rotatable bonds is 1. The van der Waals surface area contributed by atoms with Gasteiger partial charge in [0.25, 0.3) is 0 Å². The number of halogens is 1. The van der Waals surface area contributed by atoms with E-state index >= 15 is 0 Å². The smallest absolute Gasteiger partial charge is 0.151 e. The number of hydrogen-bond acceptors (Lipinski definition) is 7. The molecule has 7 nitrogen and oxygen atoms in total. The monoisotopic (exact) mass is 447 g/mol. The molecule has 0 radical (unpaired) electrons. The van der Waals surface area contributed by atoms with Crippen molar-refractivity contribution in [2.24, 2.45) is 0 Å². The summed E-state index contributed by atoms with van der Waals surface area (Å²) in [7, 11) is 0. The van der Waals surface area contributed by atoms with Gasteiger partial charge >= 0.3 is 0 Å². The summed E-state index contributed by atoms with van der Waals surface area (Å²) in [4.78, 5) is 18.1. The van der Waals surface area contributed by atoms with E-state index in [4.69, 9.17) is 16.6 Å². The molecule has 0 unspecified atom stereocenters. The zero-order valence-corrected chi connectivity index (χ0v) is 18.8. The lowest BCUT2D eigenvalue weighted by Crippen LogP contribution is -2.32. The highest BCUT2D eigenvalue weighted by atomic mass is 35.5. The third kappa shape index (κ3) is 3.60. The summed E-state index contributed by atoms with van der Waals surface area (Å²) in [5.74, 6) is 1.97. The topological polar surface area (TPSA) is 69.2 Å². The van der Waals surface area contributed by atoms with Gasteiger partial charge in [0.15, 0.2) is 11.6 Å². The van der Waals surface area contributed by atoms with Crippen LogP contribution < -0.4 is 20.4 Å². The Labute approximate surface area is 192 Å². The van der Waals surface area contributed by atoms with E-state index in [0.717, 1.165) is 54.8 Å². The van der Waals surface area contributed by atoms with Gasteiger partial charge in [-0.1, -0.05) is 11.6 Å². The first-order valence-corrected chi connectivity index (χ1v) is 11.6. The van der Waals surface area contributed by atoms with Crippen LogP contribution in [0.2, 0.25) is 5.15 Å². The van der Waals surface area contributed by atoms with Crippen LogP contribution in [0.25, 0.3) is 11.3 Å². The Hall–Kier alpha value is -3.06. The average Bonchev–Trinajstić information content (AvgIpc) is 3.37. The molecule has 2 N–H and O–H groups in total. The fraction of sp³-hybridized carbons (Fsp3) is 0.375. The van der Waals surface area contributed by atoms with E-state index < -0.39 is 0 Å². The molecule has 32 heavy (non-hydrogen) atoms. The van der Waals surface area contributed by atoms with Gasteiger partial charge in [0.2, 0.25) is 0 Å². The Bertz CT molecular complexity index is 1170. The summed E-state index contributed by atoms with van der Waals surface area (Å²) >= 11 is 5.82. The molecule has 4 aliphatic heterocycles. The summed E-state index contributed by atoms with van der Waals surface area (Å²) in [6.07, 6.45) is 4.25. The first-order chi connectivity index (χ1) is 15.6. The lowest BCUT2D eigenvalue weighted by atomic mass is 10.1. The molecule has 2 saturated heterocycles. The zero-order valence-electron chi connectivity index (χ0n) is 18.1. The Morgan fingerprint density at radius 1 is 0.875 bits per heavy atom. The Balaban J connectivity index is 0.000000131. The van der Waals surface area contributed by atoms with Crippen molar-refractivity contribution in [3.8, 4) is 11.3 Å². The highest BCUT2D eigenvalue weighted by Crippen LogP contribution is 2.36. The fourth-order valence-electron chi connectivity index (χ4n) is 5.05. The maximum Gasteiger partial charge on any atom is 0.151 e. The van der Waals surface area contributed by atoms with Crippen molar-refractivity contribution in [1.29, 1.82) is 0 Å². The van der Waals surface area contributed by atoms with Crippen molar-refractivity contribution in [3.05, 3.63) is 53.4 Å². The molecule has 164 valence electrons. The number of aromatic nitrogens is 3. The predicted molar refractivity (Wildman–Crippen MR) is 130 cm³/mol. The zero-order chi connectivity index (χ0) is 21.7. The normalized spacial score (nSPS) is 21.7. The van der Waals surface area contributed by atoms with Gasteiger partial charge in [0.1, 0.15) is 5.15 Å². The number of nitrogens with one attached hydrogen (secondary N) is 2. The number of nitrogens with zero attached hydrogens (tertiary/aromatic N) is 5. The minimum absolute atomic E-state index is 0.564. The van der Waals surface area contributed by atoms with Gasteiger partial charge < -0.3 is 20.4 Å². The lowest BCUT2D eigenvalue weighted by Gasteiger charge is -2.28. The molecule has 4 bridgehead atoms. The number of anilines is 4. The number of fused-ring (bicyclic) bond motifs is 8. The van der Waals surface area contributed by atoms with Crippen molar-refractivity contribution in [3.63, 3.8) is 0 Å². The van der Waals surface area contributed by atoms with Crippen molar-refractivity contribution < 1.29 is 0 Å². The standard InChI is InChI=1S/C15H16N4.C9H10ClN3/c1-10-8-11(4-6-16-10)13-2-3-14-15(18-13)17-12-5-7-19(14)9-12;10-8-2-1-7-9(12-8)11-6-3-4-13(7)5-6/h2-4,6,8,12H,5,7,9H2,1H3,(H,17,18);1-2,6H,3-5H2,(H,11,12)/t12-;6-/m00/s1. The fourth-order valence-corrected chi connectivity index (χ4v) is 5.20. The molecule has 0 aliphatic carbocycles. The highest BCUT2D eigenvalue weighted by Gasteiger charge is 2.31. The molecule has 4 aliphatic rings. The molecular formula is C24H26ClN7. The van der Waals surface area contributed by atoms with Crippen LogP contribution in [-0.2, 0) is 0 Å². The summed E-state index contributed by atoms with van der Waals surface area (Å²) in [5, 5.41) is 7.50. The average molecular weight is 448 g/mol. The minimum atomic E-state index is 0.564. The van der Waals surface area contributed by atoms with Gasteiger partial charge in [0.05, 0.1) is 17.1 Å². The highest BCUT2D eigenvalue weighted by molar-refractivity contribution is 6.29. The maximum atomic E-state index is 5.82. The van der Waals surface area contributed by atoms with Crippen LogP contribution in [0.3, 0.4) is 0 Å². The molecule has 8 heteroatoms. The van der Waals surface area contributed by atoms with Gasteiger partial charge in [-0.05, 0) is 56.2 Å². The Morgan fingerprint density at radius 3 is 2.22 bits per heavy atom. The van der Waals surface area contributed by atoms with Gasteiger partial charge in [-0.25, -0.2) is 9.97 Å². The van der Waals surface area contributed by atoms with Crippen molar-refractivity contribution >= 4 is 34.6 Å². The van der Waals surface area contributed by atoms with E-state index in [1.165, 1.54) is 24.2 Å². The van der Waals surface area contributed by atoms with Crippen LogP contribution in [0.5, 0.6) is 0 Å². The second-order valence-electron chi connectivity index (χ2n) is 8.90. The summed E-state index contributed by atoms with van der Waals surface area (Å²) in [6.45, 7) is 6.50. The Morgan fingerprint density at radius 2 is 1.53 bits per heavy atom. The third-order valence-electron chi connectivity index (χ3n) is 6.65. The van der Waals surface area contributed by atoms with Gasteiger partial charge in [0, 0.05) is 55.7 Å². The van der Waals surface area contributed by atoms with E-state index in [-0.39, 0.29) is 0 Å². The molecule has 2 atom stereocenters. The van der Waals surface area contributed by atoms with E-state index in [1.807, 2.05) is 31.3 Å². The Kier molecular flexibility index (Phi) is 4.79. The van der Waals surface area contributed by atoms with E-state index in [1.54, 1.807) is 0 Å². The van der Waals surface area contributed by atoms with E-state index in [9.17, 15) is 0 Å². The van der Waals surface area contributed by atoms with Crippen LogP contribution in [0.1, 0.15) is 18.5 Å². The number of hydrogen-bond donors (Lipinski definition) is 2. The number of aryl methyl sites for hydroxylation is 1. The van der Waals surface area contributed by atoms with Gasteiger partial charge in [-0.2, -0.15) is 0 Å². The molecule has 0 amide bonds. The summed E-state index contributed by atoms with van der Waals surface area (Å²) in [5.41, 5.74) is 5.60. The minimum Gasteiger partial charge on any atom is -0.366 e. The van der Waals surface area contributed by atoms with Crippen LogP contribution in [0, 0.1) is 6.92 Å². The van der Waals surface area contributed by atoms with E-state index in [2.05, 4.69) is 48.6 Å². The molecule has 2 fully saturated rings. The second kappa shape index (κ2) is 7.81. The third-order valence-corrected chi connectivity index (χ3v) is 6.86. The molecule has 3 aromatic heterocycles. The first-order valence-electron chi connectivity index (χ1n) is 11.3. The summed E-state index contributed by atoms with van der Waals surface area (Å²) < 4.78 is 0. The first kappa shape index (κ1) is 19.6. The predicted octanol–water partition coefficient (Wildman–Crippen LogP) is 4.20. The van der Waals surface area contributed by atoms with Crippen LogP contribution in [0.4, 0.5) is 23.0 Å². The second-order valence-corrected chi connectivity index (χ2v) is 9.29. The lowest BCUT2D eigenvalue weighted by molar-refractivity contribution is 0.788. The van der Waals surface area contributed by atoms with E-state index in [0.29, 0.717) is 17.2 Å². The van der Waals surface area contributed by atoms with Crippen molar-refractivity contribution in [2.45, 2.75) is 31.8 Å². The molecule has 0 aromatic carbocycles. The molecule has 0 saturated carbocycles. The molecule has 7 heterocycles. The number of pyridine rings is 3. The van der Waals surface area contributed by atoms with Crippen molar-refractivity contribution in [2.75, 3.05) is 46.6 Å². The van der Waals surface area contributed by atoms with Crippen LogP contribution in [0.15, 0.2) is 42.6 Å². The van der Waals surface area contributed by atoms with Crippen LogP contribution >= 0.6 is 11.6 Å².